The second-order valence-electron chi connectivity index (χ2n) is 5.00. The largest absolute Gasteiger partial charge is 0.355 e. The van der Waals surface area contributed by atoms with Crippen LogP contribution >= 0.6 is 23.5 Å². The molecule has 1 aromatic carbocycles. The fourth-order valence-electron chi connectivity index (χ4n) is 2.01. The number of thioether (sulfide) groups is 2. The first-order valence-corrected chi connectivity index (χ1v) is 9.68. The third kappa shape index (κ3) is 5.61. The molecule has 0 spiro atoms. The van der Waals surface area contributed by atoms with Crippen molar-refractivity contribution in [1.29, 1.82) is 0 Å². The minimum absolute atomic E-state index is 0.0195. The molecule has 0 radical (unpaired) electrons. The van der Waals surface area contributed by atoms with Crippen molar-refractivity contribution in [3.05, 3.63) is 54.9 Å². The van der Waals surface area contributed by atoms with E-state index in [0.29, 0.717) is 23.3 Å². The van der Waals surface area contributed by atoms with E-state index in [4.69, 9.17) is 0 Å². The topological polar surface area (TPSA) is 83.6 Å². The molecule has 3 aromatic rings. The Kier molecular flexibility index (Phi) is 6.47. The number of hydrogen-bond donors (Lipinski definition) is 2. The molecule has 0 bridgehead atoms. The summed E-state index contributed by atoms with van der Waals surface area (Å²) in [5.41, 5.74) is 0.914. The van der Waals surface area contributed by atoms with E-state index in [0.717, 1.165) is 11.3 Å². The number of nitrogens with one attached hydrogen (secondary N) is 2. The molecule has 8 heteroatoms. The summed E-state index contributed by atoms with van der Waals surface area (Å²) < 4.78 is 0. The first-order chi connectivity index (χ1) is 12.3. The van der Waals surface area contributed by atoms with Crippen molar-refractivity contribution >= 4 is 29.4 Å². The number of H-pyrrole nitrogens is 1. The zero-order valence-corrected chi connectivity index (χ0v) is 15.0. The van der Waals surface area contributed by atoms with Crippen LogP contribution in [-0.4, -0.2) is 44.1 Å². The molecule has 0 unspecified atom stereocenters. The maximum Gasteiger partial charge on any atom is 0.230 e. The summed E-state index contributed by atoms with van der Waals surface area (Å²) in [6.07, 6.45) is 3.40. The van der Waals surface area contributed by atoms with Gasteiger partial charge in [-0.3, -0.25) is 14.9 Å². The van der Waals surface area contributed by atoms with Gasteiger partial charge in [0.2, 0.25) is 11.1 Å². The van der Waals surface area contributed by atoms with Crippen LogP contribution in [0.4, 0.5) is 0 Å². The summed E-state index contributed by atoms with van der Waals surface area (Å²) in [5.74, 6) is 1.79. The van der Waals surface area contributed by atoms with Gasteiger partial charge in [0.05, 0.1) is 5.75 Å². The molecule has 6 nitrogen and oxygen atoms in total. The van der Waals surface area contributed by atoms with Crippen LogP contribution in [-0.2, 0) is 4.79 Å². The minimum Gasteiger partial charge on any atom is -0.355 e. The number of aromatic amines is 1. The summed E-state index contributed by atoms with van der Waals surface area (Å²) in [4.78, 5) is 21.4. The van der Waals surface area contributed by atoms with Gasteiger partial charge >= 0.3 is 0 Å². The third-order valence-electron chi connectivity index (χ3n) is 3.19. The summed E-state index contributed by atoms with van der Waals surface area (Å²) in [6, 6.07) is 13.8. The SMILES string of the molecule is O=C(CSc1n[nH]c(-c2ccncc2)n1)NCCSc1ccccc1. The molecule has 0 saturated carbocycles. The lowest BCUT2D eigenvalue weighted by atomic mass is 10.3. The van der Waals surface area contributed by atoms with Crippen molar-refractivity contribution in [3.63, 3.8) is 0 Å². The van der Waals surface area contributed by atoms with Crippen LogP contribution in [0.3, 0.4) is 0 Å². The molecule has 2 aromatic heterocycles. The standard InChI is InChI=1S/C17H17N5OS2/c23-15(19-10-11-24-14-4-2-1-3-5-14)12-25-17-20-16(21-22-17)13-6-8-18-9-7-13/h1-9H,10-12H2,(H,19,23)(H,20,21,22). The molecule has 25 heavy (non-hydrogen) atoms. The van der Waals surface area contributed by atoms with Crippen molar-refractivity contribution in [1.82, 2.24) is 25.5 Å². The van der Waals surface area contributed by atoms with Crippen molar-refractivity contribution in [2.45, 2.75) is 10.1 Å². The molecule has 0 atom stereocenters. The van der Waals surface area contributed by atoms with Gasteiger partial charge in [-0.25, -0.2) is 4.98 Å². The number of carbonyl (C=O) groups excluding carboxylic acids is 1. The molecular formula is C17H17N5OS2. The average Bonchev–Trinajstić information content (AvgIpc) is 3.14. The highest BCUT2D eigenvalue weighted by Gasteiger charge is 2.08. The van der Waals surface area contributed by atoms with E-state index in [1.807, 2.05) is 30.3 Å². The van der Waals surface area contributed by atoms with Crippen molar-refractivity contribution < 1.29 is 4.79 Å². The van der Waals surface area contributed by atoms with Gasteiger partial charge in [0, 0.05) is 35.2 Å². The first kappa shape index (κ1) is 17.5. The molecule has 2 heterocycles. The van der Waals surface area contributed by atoms with Gasteiger partial charge in [-0.1, -0.05) is 30.0 Å². The Bertz CT molecular complexity index is 795. The highest BCUT2D eigenvalue weighted by molar-refractivity contribution is 7.99. The first-order valence-electron chi connectivity index (χ1n) is 7.71. The number of benzene rings is 1. The Balaban J connectivity index is 1.37. The van der Waals surface area contributed by atoms with Gasteiger partial charge in [0.15, 0.2) is 5.82 Å². The predicted octanol–water partition coefficient (Wildman–Crippen LogP) is 2.87. The lowest BCUT2D eigenvalue weighted by molar-refractivity contribution is -0.118. The monoisotopic (exact) mass is 371 g/mol. The van der Waals surface area contributed by atoms with Gasteiger partial charge in [0.25, 0.3) is 0 Å². The van der Waals surface area contributed by atoms with Gasteiger partial charge in [-0.2, -0.15) is 0 Å². The average molecular weight is 371 g/mol. The molecule has 0 fully saturated rings. The molecule has 128 valence electrons. The van der Waals surface area contributed by atoms with Crippen molar-refractivity contribution in [2.75, 3.05) is 18.1 Å². The molecule has 0 aliphatic rings. The molecule has 0 aliphatic heterocycles. The van der Waals surface area contributed by atoms with Crippen LogP contribution in [0.15, 0.2) is 64.9 Å². The second kappa shape index (κ2) is 9.24. The summed E-state index contributed by atoms with van der Waals surface area (Å²) in [5, 5.41) is 10.5. The predicted molar refractivity (Wildman–Crippen MR) is 101 cm³/mol. The van der Waals surface area contributed by atoms with Crippen LogP contribution in [0.25, 0.3) is 11.4 Å². The highest BCUT2D eigenvalue weighted by Crippen LogP contribution is 2.18. The maximum atomic E-state index is 11.9. The fraction of sp³-hybridized carbons (Fsp3) is 0.176. The highest BCUT2D eigenvalue weighted by atomic mass is 32.2. The fourth-order valence-corrected chi connectivity index (χ4v) is 3.42. The second-order valence-corrected chi connectivity index (χ2v) is 7.11. The van der Waals surface area contributed by atoms with Gasteiger partial charge in [-0.05, 0) is 24.3 Å². The van der Waals surface area contributed by atoms with Gasteiger partial charge in [0.1, 0.15) is 0 Å². The van der Waals surface area contributed by atoms with E-state index < -0.39 is 0 Å². The number of amides is 1. The maximum absolute atomic E-state index is 11.9. The number of aromatic nitrogens is 4. The lowest BCUT2D eigenvalue weighted by Crippen LogP contribution is -2.27. The minimum atomic E-state index is -0.0195. The van der Waals surface area contributed by atoms with Crippen LogP contribution in [0.2, 0.25) is 0 Å². The smallest absolute Gasteiger partial charge is 0.230 e. The Morgan fingerprint density at radius 3 is 2.68 bits per heavy atom. The Hall–Kier alpha value is -2.32. The van der Waals surface area contributed by atoms with Gasteiger partial charge < -0.3 is 5.32 Å². The van der Waals surface area contributed by atoms with Crippen molar-refractivity contribution in [3.8, 4) is 11.4 Å². The lowest BCUT2D eigenvalue weighted by Gasteiger charge is -2.04. The summed E-state index contributed by atoms with van der Waals surface area (Å²) >= 11 is 3.03. The zero-order chi connectivity index (χ0) is 17.3. The Labute approximate surface area is 154 Å². The molecule has 3 rings (SSSR count). The normalized spacial score (nSPS) is 10.6. The van der Waals surface area contributed by atoms with E-state index in [-0.39, 0.29) is 5.91 Å². The number of pyridine rings is 1. The van der Waals surface area contributed by atoms with Crippen LogP contribution in [0, 0.1) is 0 Å². The van der Waals surface area contributed by atoms with E-state index in [1.165, 1.54) is 16.7 Å². The quantitative estimate of drug-likeness (QED) is 0.468. The molecular weight excluding hydrogens is 354 g/mol. The van der Waals surface area contributed by atoms with Crippen molar-refractivity contribution in [2.24, 2.45) is 0 Å². The Morgan fingerprint density at radius 1 is 1.08 bits per heavy atom. The van der Waals surface area contributed by atoms with Gasteiger partial charge in [-0.15, -0.1) is 16.9 Å². The summed E-state index contributed by atoms with van der Waals surface area (Å²) in [6.45, 7) is 0.634. The molecule has 2 N–H and O–H groups in total. The van der Waals surface area contributed by atoms with E-state index >= 15 is 0 Å². The number of carbonyl (C=O) groups is 1. The van der Waals surface area contributed by atoms with E-state index in [2.05, 4.69) is 37.6 Å². The van der Waals surface area contributed by atoms with Crippen LogP contribution < -0.4 is 5.32 Å². The van der Waals surface area contributed by atoms with Crippen LogP contribution in [0.5, 0.6) is 0 Å². The Morgan fingerprint density at radius 2 is 1.88 bits per heavy atom. The van der Waals surface area contributed by atoms with Crippen LogP contribution in [0.1, 0.15) is 0 Å². The third-order valence-corrected chi connectivity index (χ3v) is 5.05. The zero-order valence-electron chi connectivity index (χ0n) is 13.4. The van der Waals surface area contributed by atoms with E-state index in [1.54, 1.807) is 24.2 Å². The van der Waals surface area contributed by atoms with E-state index in [9.17, 15) is 4.79 Å². The summed E-state index contributed by atoms with van der Waals surface area (Å²) in [7, 11) is 0. The number of rotatable bonds is 8. The molecule has 0 aliphatic carbocycles. The number of hydrogen-bond acceptors (Lipinski definition) is 6. The molecule has 0 saturated heterocycles. The molecule has 1 amide bonds. The number of nitrogens with zero attached hydrogens (tertiary/aromatic N) is 3.